The first kappa shape index (κ1) is 20.7. The van der Waals surface area contributed by atoms with Crippen molar-refractivity contribution < 1.29 is 9.15 Å². The van der Waals surface area contributed by atoms with Gasteiger partial charge in [-0.25, -0.2) is 4.79 Å². The fourth-order valence-electron chi connectivity index (χ4n) is 4.53. The predicted octanol–water partition coefficient (Wildman–Crippen LogP) is 6.32. The van der Waals surface area contributed by atoms with Gasteiger partial charge in [0.05, 0.1) is 17.1 Å². The highest BCUT2D eigenvalue weighted by molar-refractivity contribution is 6.33. The Balaban J connectivity index is 1.62. The Labute approximate surface area is 192 Å². The van der Waals surface area contributed by atoms with Gasteiger partial charge in [-0.15, -0.1) is 0 Å². The maximum absolute atomic E-state index is 13.0. The molecule has 0 radical (unpaired) electrons. The number of hydrogen-bond donors (Lipinski definition) is 0. The summed E-state index contributed by atoms with van der Waals surface area (Å²) in [7, 11) is 0. The van der Waals surface area contributed by atoms with Gasteiger partial charge in [0.25, 0.3) is 0 Å². The quantitative estimate of drug-likeness (QED) is 0.346. The topological polar surface area (TPSA) is 42.7 Å². The van der Waals surface area contributed by atoms with E-state index in [-0.39, 0.29) is 5.63 Å². The minimum Gasteiger partial charge on any atom is -0.471 e. The molecule has 0 bridgehead atoms. The third-order valence-electron chi connectivity index (χ3n) is 6.21. The normalized spacial score (nSPS) is 13.2. The fraction of sp³-hybridized carbons (Fsp3) is 0.222. The van der Waals surface area contributed by atoms with Crippen molar-refractivity contribution in [1.29, 1.82) is 0 Å². The molecular formula is C27H24ClNO3. The number of halogens is 1. The molecule has 1 aromatic heterocycles. The Hall–Kier alpha value is -3.24. The lowest BCUT2D eigenvalue weighted by Crippen LogP contribution is -2.32. The third kappa shape index (κ3) is 3.55. The van der Waals surface area contributed by atoms with Crippen LogP contribution in [0.15, 0.2) is 63.8 Å². The number of hydrogen-bond acceptors (Lipinski definition) is 4. The Morgan fingerprint density at radius 1 is 1.03 bits per heavy atom. The van der Waals surface area contributed by atoms with E-state index in [2.05, 4.69) is 36.9 Å². The van der Waals surface area contributed by atoms with Crippen LogP contribution in [0.4, 0.5) is 5.69 Å². The van der Waals surface area contributed by atoms with E-state index < -0.39 is 0 Å². The van der Waals surface area contributed by atoms with Crippen LogP contribution in [-0.4, -0.2) is 6.73 Å². The highest BCUT2D eigenvalue weighted by Gasteiger charge is 2.27. The first-order valence-electron chi connectivity index (χ1n) is 10.7. The smallest absolute Gasteiger partial charge is 0.340 e. The maximum atomic E-state index is 13.0. The minimum atomic E-state index is -0.313. The van der Waals surface area contributed by atoms with Gasteiger partial charge in [-0.05, 0) is 49.6 Å². The largest absolute Gasteiger partial charge is 0.471 e. The zero-order chi connectivity index (χ0) is 22.4. The summed E-state index contributed by atoms with van der Waals surface area (Å²) in [5, 5.41) is 1.39. The van der Waals surface area contributed by atoms with Crippen molar-refractivity contribution in [1.82, 2.24) is 0 Å². The van der Waals surface area contributed by atoms with E-state index in [0.717, 1.165) is 27.8 Å². The van der Waals surface area contributed by atoms with E-state index in [1.54, 1.807) is 0 Å². The molecule has 0 spiro atoms. The van der Waals surface area contributed by atoms with E-state index in [0.29, 0.717) is 41.6 Å². The zero-order valence-electron chi connectivity index (χ0n) is 18.4. The van der Waals surface area contributed by atoms with Crippen molar-refractivity contribution in [2.75, 3.05) is 11.6 Å². The van der Waals surface area contributed by atoms with Crippen molar-refractivity contribution in [3.05, 3.63) is 103 Å². The van der Waals surface area contributed by atoms with E-state index in [9.17, 15) is 4.79 Å². The van der Waals surface area contributed by atoms with E-state index >= 15 is 0 Å². The molecule has 1 aliphatic heterocycles. The van der Waals surface area contributed by atoms with Gasteiger partial charge in [0.15, 0.2) is 6.73 Å². The first-order chi connectivity index (χ1) is 15.4. The molecule has 5 rings (SSSR count). The second-order valence-corrected chi connectivity index (χ2v) is 8.87. The number of anilines is 1. The van der Waals surface area contributed by atoms with Gasteiger partial charge in [0.1, 0.15) is 11.3 Å². The van der Waals surface area contributed by atoms with Crippen molar-refractivity contribution >= 4 is 28.3 Å². The molecule has 162 valence electrons. The van der Waals surface area contributed by atoms with E-state index in [4.69, 9.17) is 20.8 Å². The molecule has 0 N–H and O–H groups in total. The lowest BCUT2D eigenvalue weighted by Gasteiger charge is -2.32. The summed E-state index contributed by atoms with van der Waals surface area (Å²) in [6, 6.07) is 18.1. The van der Waals surface area contributed by atoms with Crippen molar-refractivity contribution in [2.45, 2.75) is 33.7 Å². The second-order valence-electron chi connectivity index (χ2n) is 8.46. The highest BCUT2D eigenvalue weighted by atomic mass is 35.5. The highest BCUT2D eigenvalue weighted by Crippen LogP contribution is 2.41. The molecule has 4 nitrogen and oxygen atoms in total. The summed E-state index contributed by atoms with van der Waals surface area (Å²) >= 11 is 6.63. The standard InChI is InChI=1S/C27H24ClNO3/c1-16-9-10-24(17(2)11-16)29-14-22-25-20(13-23(28)26(22)31-15-29)18(3)21(27(30)32-25)12-19-7-5-4-6-8-19/h4-11,13H,12,14-15H2,1-3H3. The van der Waals surface area contributed by atoms with Crippen LogP contribution in [-0.2, 0) is 13.0 Å². The lowest BCUT2D eigenvalue weighted by atomic mass is 9.97. The van der Waals surface area contributed by atoms with Crippen LogP contribution in [0.25, 0.3) is 11.0 Å². The van der Waals surface area contributed by atoms with Crippen LogP contribution < -0.4 is 15.3 Å². The number of ether oxygens (including phenoxy) is 1. The van der Waals surface area contributed by atoms with Gasteiger partial charge < -0.3 is 14.1 Å². The van der Waals surface area contributed by atoms with Crippen LogP contribution in [0.3, 0.4) is 0 Å². The molecular weight excluding hydrogens is 422 g/mol. The molecule has 0 aliphatic carbocycles. The van der Waals surface area contributed by atoms with Crippen LogP contribution in [0.1, 0.15) is 33.4 Å². The van der Waals surface area contributed by atoms with Gasteiger partial charge in [0.2, 0.25) is 0 Å². The number of nitrogens with zero attached hydrogens (tertiary/aromatic N) is 1. The second kappa shape index (κ2) is 8.03. The molecule has 0 saturated heterocycles. The van der Waals surface area contributed by atoms with Gasteiger partial charge >= 0.3 is 5.63 Å². The molecule has 0 saturated carbocycles. The van der Waals surface area contributed by atoms with Crippen LogP contribution in [0, 0.1) is 20.8 Å². The number of benzene rings is 3. The minimum absolute atomic E-state index is 0.313. The predicted molar refractivity (Wildman–Crippen MR) is 129 cm³/mol. The monoisotopic (exact) mass is 445 g/mol. The Bertz CT molecular complexity index is 1390. The molecule has 0 unspecified atom stereocenters. The molecule has 32 heavy (non-hydrogen) atoms. The van der Waals surface area contributed by atoms with Crippen LogP contribution in [0.2, 0.25) is 5.02 Å². The number of rotatable bonds is 3. The van der Waals surface area contributed by atoms with Gasteiger partial charge in [-0.3, -0.25) is 0 Å². The van der Waals surface area contributed by atoms with Crippen molar-refractivity contribution in [3.63, 3.8) is 0 Å². The maximum Gasteiger partial charge on any atom is 0.340 e. The van der Waals surface area contributed by atoms with Gasteiger partial charge in [-0.1, -0.05) is 59.6 Å². The Morgan fingerprint density at radius 3 is 2.56 bits per heavy atom. The van der Waals surface area contributed by atoms with Crippen molar-refractivity contribution in [2.24, 2.45) is 0 Å². The molecule has 2 heterocycles. The van der Waals surface area contributed by atoms with Crippen LogP contribution >= 0.6 is 11.6 Å². The fourth-order valence-corrected chi connectivity index (χ4v) is 4.81. The molecule has 1 aliphatic rings. The molecule has 5 heteroatoms. The average molecular weight is 446 g/mol. The lowest BCUT2D eigenvalue weighted by molar-refractivity contribution is 0.289. The zero-order valence-corrected chi connectivity index (χ0v) is 19.1. The molecule has 0 fully saturated rings. The first-order valence-corrected chi connectivity index (χ1v) is 11.1. The van der Waals surface area contributed by atoms with Gasteiger partial charge in [0, 0.05) is 23.1 Å². The van der Waals surface area contributed by atoms with E-state index in [1.165, 1.54) is 11.1 Å². The summed E-state index contributed by atoms with van der Waals surface area (Å²) in [5.74, 6) is 0.596. The average Bonchev–Trinajstić information content (AvgIpc) is 2.78. The number of aryl methyl sites for hydroxylation is 3. The summed E-state index contributed by atoms with van der Waals surface area (Å²) < 4.78 is 12.0. The van der Waals surface area contributed by atoms with Gasteiger partial charge in [-0.2, -0.15) is 0 Å². The SMILES string of the molecule is Cc1ccc(N2COc3c(Cl)cc4c(C)c(Cc5ccccc5)c(=O)oc4c3C2)c(C)c1. The Morgan fingerprint density at radius 2 is 1.81 bits per heavy atom. The summed E-state index contributed by atoms with van der Waals surface area (Å²) in [5.41, 5.74) is 7.15. The van der Waals surface area contributed by atoms with Crippen molar-refractivity contribution in [3.8, 4) is 5.75 Å². The molecule has 4 aromatic rings. The van der Waals surface area contributed by atoms with Crippen LogP contribution in [0.5, 0.6) is 5.75 Å². The summed E-state index contributed by atoms with van der Waals surface area (Å²) in [6.07, 6.45) is 0.519. The third-order valence-corrected chi connectivity index (χ3v) is 6.49. The Kier molecular flexibility index (Phi) is 5.18. The summed E-state index contributed by atoms with van der Waals surface area (Å²) in [6.45, 7) is 7.07. The molecule has 3 aromatic carbocycles. The number of fused-ring (bicyclic) bond motifs is 3. The van der Waals surface area contributed by atoms with E-state index in [1.807, 2.05) is 43.3 Å². The molecule has 0 atom stereocenters. The molecule has 0 amide bonds. The summed E-state index contributed by atoms with van der Waals surface area (Å²) in [4.78, 5) is 15.2.